The van der Waals surface area contributed by atoms with E-state index < -0.39 is 11.6 Å². The maximum atomic E-state index is 13.8. The molecular formula is C25H31N3O3S. The monoisotopic (exact) mass is 453 g/mol. The summed E-state index contributed by atoms with van der Waals surface area (Å²) in [7, 11) is 1.68. The Morgan fingerprint density at radius 3 is 2.66 bits per heavy atom. The van der Waals surface area contributed by atoms with Crippen LogP contribution in [0.25, 0.3) is 0 Å². The number of anilines is 1. The number of methoxy groups -OCH3 is 1. The summed E-state index contributed by atoms with van der Waals surface area (Å²) >= 11 is 5.73. The number of hydrogen-bond donors (Lipinski definition) is 2. The van der Waals surface area contributed by atoms with Crippen molar-refractivity contribution in [2.24, 2.45) is 5.92 Å². The summed E-state index contributed by atoms with van der Waals surface area (Å²) in [5.74, 6) is 0.181. The molecule has 7 heteroatoms. The van der Waals surface area contributed by atoms with Gasteiger partial charge < -0.3 is 25.0 Å². The van der Waals surface area contributed by atoms with Gasteiger partial charge in [-0.3, -0.25) is 4.79 Å². The molecule has 1 amide bonds. The first-order valence-corrected chi connectivity index (χ1v) is 11.4. The van der Waals surface area contributed by atoms with Gasteiger partial charge in [-0.15, -0.1) is 0 Å². The molecule has 0 aromatic heterocycles. The topological polar surface area (TPSA) is 62.8 Å². The first-order valence-electron chi connectivity index (χ1n) is 11.0. The Labute approximate surface area is 195 Å². The predicted molar refractivity (Wildman–Crippen MR) is 130 cm³/mol. The molecule has 0 aliphatic carbocycles. The van der Waals surface area contributed by atoms with Gasteiger partial charge in [0.25, 0.3) is 0 Å². The second-order valence-electron chi connectivity index (χ2n) is 8.91. The van der Waals surface area contributed by atoms with E-state index in [1.165, 1.54) is 0 Å². The van der Waals surface area contributed by atoms with E-state index in [0.29, 0.717) is 18.3 Å². The molecule has 6 nitrogen and oxygen atoms in total. The van der Waals surface area contributed by atoms with Crippen molar-refractivity contribution >= 4 is 28.9 Å². The van der Waals surface area contributed by atoms with E-state index in [0.717, 1.165) is 40.1 Å². The van der Waals surface area contributed by atoms with E-state index in [4.69, 9.17) is 21.7 Å². The van der Waals surface area contributed by atoms with Crippen LogP contribution in [0.15, 0.2) is 36.4 Å². The van der Waals surface area contributed by atoms with Gasteiger partial charge in [-0.25, -0.2) is 0 Å². The number of carbonyl (C=O) groups excluding carboxylic acids is 1. The molecule has 2 heterocycles. The second kappa shape index (κ2) is 8.71. The Morgan fingerprint density at radius 2 is 1.94 bits per heavy atom. The molecule has 3 unspecified atom stereocenters. The standard InChI is InChI=1S/C25H31N3O3S/c1-15-7-9-19(17(3)13-15)26-23(29)21-22-18-14-16(2)8-10-20(18)31-25(21,4)28(24(32)27-22)11-6-12-30-5/h7-10,13-14,21-22H,6,11-12H2,1-5H3,(H,26,29)(H,27,32). The Balaban J connectivity index is 1.74. The van der Waals surface area contributed by atoms with Gasteiger partial charge in [0.05, 0.1) is 6.04 Å². The van der Waals surface area contributed by atoms with E-state index in [-0.39, 0.29) is 11.9 Å². The van der Waals surface area contributed by atoms with Crippen LogP contribution in [-0.2, 0) is 9.53 Å². The lowest BCUT2D eigenvalue weighted by molar-refractivity contribution is -0.149. The minimum atomic E-state index is -0.925. The second-order valence-corrected chi connectivity index (χ2v) is 9.30. The smallest absolute Gasteiger partial charge is 0.236 e. The molecule has 2 aliphatic heterocycles. The lowest BCUT2D eigenvalue weighted by atomic mass is 9.78. The first kappa shape index (κ1) is 22.6. The molecule has 0 spiro atoms. The fourth-order valence-corrected chi connectivity index (χ4v) is 5.22. The molecule has 2 N–H and O–H groups in total. The molecule has 0 saturated carbocycles. The highest BCUT2D eigenvalue weighted by Gasteiger charge is 2.58. The van der Waals surface area contributed by atoms with Gasteiger partial charge in [0.15, 0.2) is 10.8 Å². The van der Waals surface area contributed by atoms with E-state index in [9.17, 15) is 4.79 Å². The number of rotatable bonds is 6. The van der Waals surface area contributed by atoms with Crippen LogP contribution >= 0.6 is 12.2 Å². The Bertz CT molecular complexity index is 1060. The highest BCUT2D eigenvalue weighted by Crippen LogP contribution is 2.48. The molecule has 1 saturated heterocycles. The van der Waals surface area contributed by atoms with Crippen molar-refractivity contribution in [1.82, 2.24) is 10.2 Å². The number of thiocarbonyl (C=S) groups is 1. The molecule has 32 heavy (non-hydrogen) atoms. The highest BCUT2D eigenvalue weighted by molar-refractivity contribution is 7.80. The number of hydrogen-bond acceptors (Lipinski definition) is 4. The summed E-state index contributed by atoms with van der Waals surface area (Å²) in [6.07, 6.45) is 0.772. The number of aryl methyl sites for hydroxylation is 3. The van der Waals surface area contributed by atoms with E-state index >= 15 is 0 Å². The Morgan fingerprint density at radius 1 is 1.22 bits per heavy atom. The third-order valence-corrected chi connectivity index (χ3v) is 6.78. The molecule has 3 atom stereocenters. The van der Waals surface area contributed by atoms with Crippen molar-refractivity contribution in [2.75, 3.05) is 25.6 Å². The predicted octanol–water partition coefficient (Wildman–Crippen LogP) is 4.24. The molecule has 2 aliphatic rings. The van der Waals surface area contributed by atoms with Gasteiger partial charge in [-0.05, 0) is 64.0 Å². The van der Waals surface area contributed by atoms with Crippen molar-refractivity contribution in [3.05, 3.63) is 58.7 Å². The zero-order valence-corrected chi connectivity index (χ0v) is 20.1. The molecule has 2 bridgehead atoms. The number of nitrogens with one attached hydrogen (secondary N) is 2. The normalized spacial score (nSPS) is 23.8. The summed E-state index contributed by atoms with van der Waals surface area (Å²) in [6, 6.07) is 11.8. The molecule has 170 valence electrons. The maximum Gasteiger partial charge on any atom is 0.236 e. The number of benzene rings is 2. The molecule has 4 rings (SSSR count). The van der Waals surface area contributed by atoms with Crippen LogP contribution in [0.2, 0.25) is 0 Å². The summed E-state index contributed by atoms with van der Waals surface area (Å²) in [5.41, 5.74) is 4.15. The minimum Gasteiger partial charge on any atom is -0.467 e. The van der Waals surface area contributed by atoms with E-state index in [1.807, 2.05) is 56.9 Å². The minimum absolute atomic E-state index is 0.0941. The van der Waals surface area contributed by atoms with Gasteiger partial charge >= 0.3 is 0 Å². The van der Waals surface area contributed by atoms with Crippen molar-refractivity contribution in [3.8, 4) is 5.75 Å². The van der Waals surface area contributed by atoms with Gasteiger partial charge in [0, 0.05) is 31.5 Å². The molecule has 2 aromatic rings. The number of ether oxygens (including phenoxy) is 2. The lowest BCUT2D eigenvalue weighted by Crippen LogP contribution is -2.71. The quantitative estimate of drug-likeness (QED) is 0.504. The number of amides is 1. The van der Waals surface area contributed by atoms with Crippen LogP contribution < -0.4 is 15.4 Å². The van der Waals surface area contributed by atoms with Crippen LogP contribution in [-0.4, -0.2) is 41.9 Å². The zero-order valence-electron chi connectivity index (χ0n) is 19.3. The number of fused-ring (bicyclic) bond motifs is 4. The van der Waals surface area contributed by atoms with E-state index in [1.54, 1.807) is 7.11 Å². The molecular weight excluding hydrogens is 422 g/mol. The van der Waals surface area contributed by atoms with E-state index in [2.05, 4.69) is 22.8 Å². The van der Waals surface area contributed by atoms with Crippen molar-refractivity contribution in [1.29, 1.82) is 0 Å². The molecule has 1 fully saturated rings. The van der Waals surface area contributed by atoms with Crippen LogP contribution in [0.4, 0.5) is 5.69 Å². The lowest BCUT2D eigenvalue weighted by Gasteiger charge is -2.56. The summed E-state index contributed by atoms with van der Waals surface area (Å²) in [5, 5.41) is 7.20. The fraction of sp³-hybridized carbons (Fsp3) is 0.440. The maximum absolute atomic E-state index is 13.8. The summed E-state index contributed by atoms with van der Waals surface area (Å²) in [6.45, 7) is 9.28. The van der Waals surface area contributed by atoms with Gasteiger partial charge in [0.2, 0.25) is 5.91 Å². The van der Waals surface area contributed by atoms with Crippen molar-refractivity contribution < 1.29 is 14.3 Å². The average molecular weight is 454 g/mol. The van der Waals surface area contributed by atoms with Crippen LogP contribution in [0.3, 0.4) is 0 Å². The SMILES string of the molecule is COCCCN1C(=S)NC2c3cc(C)ccc3OC1(C)C2C(=O)Nc1ccc(C)cc1C. The van der Waals surface area contributed by atoms with Gasteiger partial charge in [-0.1, -0.05) is 35.4 Å². The van der Waals surface area contributed by atoms with Gasteiger partial charge in [-0.2, -0.15) is 0 Å². The summed E-state index contributed by atoms with van der Waals surface area (Å²) in [4.78, 5) is 15.8. The fourth-order valence-electron chi connectivity index (χ4n) is 4.82. The molecule has 2 aromatic carbocycles. The third-order valence-electron chi connectivity index (χ3n) is 6.44. The van der Waals surface area contributed by atoms with Crippen molar-refractivity contribution in [3.63, 3.8) is 0 Å². The molecule has 0 radical (unpaired) electrons. The Hall–Kier alpha value is -2.64. The third kappa shape index (κ3) is 3.95. The number of carbonyl (C=O) groups is 1. The van der Waals surface area contributed by atoms with Crippen LogP contribution in [0, 0.1) is 26.7 Å². The largest absolute Gasteiger partial charge is 0.467 e. The summed E-state index contributed by atoms with van der Waals surface area (Å²) < 4.78 is 11.8. The average Bonchev–Trinajstić information content (AvgIpc) is 2.73. The number of nitrogens with zero attached hydrogens (tertiary/aromatic N) is 1. The highest BCUT2D eigenvalue weighted by atomic mass is 32.1. The van der Waals surface area contributed by atoms with Crippen LogP contribution in [0.1, 0.15) is 41.6 Å². The van der Waals surface area contributed by atoms with Crippen molar-refractivity contribution in [2.45, 2.75) is 45.9 Å². The van der Waals surface area contributed by atoms with Crippen LogP contribution in [0.5, 0.6) is 5.75 Å². The zero-order chi connectivity index (χ0) is 23.0. The van der Waals surface area contributed by atoms with Gasteiger partial charge in [0.1, 0.15) is 11.7 Å². The Kier molecular flexibility index (Phi) is 6.14. The first-order chi connectivity index (χ1) is 15.2.